The molecule has 2 rings (SSSR count). The summed E-state index contributed by atoms with van der Waals surface area (Å²) in [6, 6.07) is 6.85. The van der Waals surface area contributed by atoms with Crippen LogP contribution in [0.15, 0.2) is 24.3 Å². The molecule has 0 spiro atoms. The van der Waals surface area contributed by atoms with Gasteiger partial charge in [0.05, 0.1) is 11.3 Å². The maximum atomic E-state index is 11.0. The Labute approximate surface area is 89.3 Å². The summed E-state index contributed by atoms with van der Waals surface area (Å²) in [5.41, 5.74) is 1.08. The van der Waals surface area contributed by atoms with Crippen molar-refractivity contribution in [3.8, 4) is 0 Å². The number of benzene rings is 1. The average molecular weight is 278 g/mol. The van der Waals surface area contributed by atoms with Gasteiger partial charge in [-0.05, 0) is 12.1 Å². The number of hydrogen-bond acceptors (Lipinski definition) is 3. The van der Waals surface area contributed by atoms with Gasteiger partial charge >= 0.3 is 27.2 Å². The molecule has 1 aliphatic rings. The number of nitrogens with one attached hydrogen (secondary N) is 1. The van der Waals surface area contributed by atoms with Crippen molar-refractivity contribution >= 4 is 41.8 Å². The zero-order chi connectivity index (χ0) is 9.84. The first kappa shape index (κ1) is 10.1. The van der Waals surface area contributed by atoms with E-state index >= 15 is 0 Å². The van der Waals surface area contributed by atoms with Gasteiger partial charge < -0.3 is 5.32 Å². The van der Waals surface area contributed by atoms with Gasteiger partial charge in [-0.2, -0.15) is 0 Å². The Morgan fingerprint density at radius 3 is 2.31 bits per heavy atom. The third-order valence-electron chi connectivity index (χ3n) is 1.63. The summed E-state index contributed by atoms with van der Waals surface area (Å²) in [7, 11) is 0. The number of hydrogen-bond donors (Lipinski definition) is 1. The Balaban J connectivity index is 0.000000396. The first-order valence-electron chi connectivity index (χ1n) is 3.47. The van der Waals surface area contributed by atoms with Crippen LogP contribution < -0.4 is 5.32 Å². The molecule has 0 aromatic heterocycles. The van der Waals surface area contributed by atoms with E-state index in [4.69, 9.17) is 2.85 Å². The molecule has 1 radical (unpaired) electrons. The summed E-state index contributed by atoms with van der Waals surface area (Å²) in [5.74, 6) is -0.980. The van der Waals surface area contributed by atoms with Gasteiger partial charge in [0.25, 0.3) is 11.7 Å². The summed E-state index contributed by atoms with van der Waals surface area (Å²) in [5, 5.41) is 2.46. The minimum absolute atomic E-state index is 0.100. The monoisotopic (exact) mass is 278 g/mol. The van der Waals surface area contributed by atoms with E-state index in [2.05, 4.69) is 5.32 Å². The zero-order valence-electron chi connectivity index (χ0n) is 6.61. The van der Waals surface area contributed by atoms with Crippen LogP contribution in [0.3, 0.4) is 0 Å². The number of rotatable bonds is 0. The van der Waals surface area contributed by atoms with Crippen LogP contribution in [0, 0.1) is 0 Å². The molecule has 0 saturated carbocycles. The van der Waals surface area contributed by atoms with E-state index in [-0.39, 0.29) is 24.4 Å². The van der Waals surface area contributed by atoms with Crippen molar-refractivity contribution in [3.05, 3.63) is 29.8 Å². The summed E-state index contributed by atoms with van der Waals surface area (Å²) in [6.07, 6.45) is 0. The molecule has 0 saturated heterocycles. The second-order valence-electron chi connectivity index (χ2n) is 2.33. The second kappa shape index (κ2) is 4.32. The van der Waals surface area contributed by atoms with Crippen molar-refractivity contribution in [2.24, 2.45) is 0 Å². The number of ketones is 1. The molecule has 0 atom stereocenters. The van der Waals surface area contributed by atoms with Gasteiger partial charge in [0.15, 0.2) is 0 Å². The van der Waals surface area contributed by atoms with E-state index in [1.165, 1.54) is 0 Å². The van der Waals surface area contributed by atoms with Crippen LogP contribution in [0.2, 0.25) is 0 Å². The fourth-order valence-electron chi connectivity index (χ4n) is 1.09. The molecule has 1 heterocycles. The Morgan fingerprint density at radius 2 is 1.69 bits per heavy atom. The van der Waals surface area contributed by atoms with Crippen molar-refractivity contribution < 1.29 is 12.4 Å². The molecule has 63 valence electrons. The second-order valence-corrected chi connectivity index (χ2v) is 2.33. The summed E-state index contributed by atoms with van der Waals surface area (Å²) >= 11 is 0.100. The predicted octanol–water partition coefficient (Wildman–Crippen LogP) is 0.322. The molecule has 0 unspecified atom stereocenters. The van der Waals surface area contributed by atoms with Crippen LogP contribution in [0.4, 0.5) is 5.69 Å². The summed E-state index contributed by atoms with van der Waals surface area (Å²) < 4.78 is 8.38. The van der Waals surface area contributed by atoms with Crippen molar-refractivity contribution in [2.45, 2.75) is 0 Å². The van der Waals surface area contributed by atoms with Crippen molar-refractivity contribution in [3.63, 3.8) is 0 Å². The molecule has 0 fully saturated rings. The quantitative estimate of drug-likeness (QED) is 0.695. The molecule has 1 aromatic rings. The van der Waals surface area contributed by atoms with Crippen molar-refractivity contribution in [1.29, 1.82) is 0 Å². The third kappa shape index (κ3) is 1.85. The number of para-hydroxylation sites is 1. The van der Waals surface area contributed by atoms with E-state index in [9.17, 15) is 9.59 Å². The SMILES string of the molecule is O=C1Nc2ccccc2C1=O.[O]=[In]. The van der Waals surface area contributed by atoms with Crippen LogP contribution in [0.5, 0.6) is 0 Å². The van der Waals surface area contributed by atoms with Gasteiger partial charge in [-0.15, -0.1) is 0 Å². The number of amides is 1. The molecule has 0 aliphatic carbocycles. The van der Waals surface area contributed by atoms with Gasteiger partial charge in [-0.1, -0.05) is 12.1 Å². The number of anilines is 1. The first-order chi connectivity index (χ1) is 6.29. The Hall–Kier alpha value is -0.970. The van der Waals surface area contributed by atoms with Crippen LogP contribution in [0.25, 0.3) is 0 Å². The number of carbonyl (C=O) groups is 2. The van der Waals surface area contributed by atoms with Crippen LogP contribution in [0.1, 0.15) is 10.4 Å². The first-order valence-corrected chi connectivity index (χ1v) is 4.82. The molecular weight excluding hydrogens is 273 g/mol. The van der Waals surface area contributed by atoms with Gasteiger partial charge in [0, 0.05) is 0 Å². The summed E-state index contributed by atoms with van der Waals surface area (Å²) in [4.78, 5) is 21.8. The predicted molar refractivity (Wildman–Crippen MR) is 45.8 cm³/mol. The standard InChI is InChI=1S/C8H5NO2.In.O/c10-7-5-3-1-2-4-6(5)9-8(7)11;;/h1-4H,(H,9,10,11);;. The third-order valence-corrected chi connectivity index (χ3v) is 1.63. The fraction of sp³-hybridized carbons (Fsp3) is 0. The van der Waals surface area contributed by atoms with Crippen molar-refractivity contribution in [1.82, 2.24) is 0 Å². The normalized spacial score (nSPS) is 12.5. The Kier molecular flexibility index (Phi) is 3.36. The van der Waals surface area contributed by atoms with E-state index < -0.39 is 11.7 Å². The van der Waals surface area contributed by atoms with Gasteiger partial charge in [0.2, 0.25) is 0 Å². The fourth-order valence-corrected chi connectivity index (χ4v) is 1.09. The van der Waals surface area contributed by atoms with Crippen LogP contribution in [-0.4, -0.2) is 36.1 Å². The topological polar surface area (TPSA) is 63.2 Å². The molecule has 4 nitrogen and oxygen atoms in total. The number of fused-ring (bicyclic) bond motifs is 1. The molecule has 1 aliphatic heterocycles. The van der Waals surface area contributed by atoms with Crippen LogP contribution >= 0.6 is 0 Å². The molecule has 0 bridgehead atoms. The summed E-state index contributed by atoms with van der Waals surface area (Å²) in [6.45, 7) is 0. The molecular formula is C8H5InNO3. The van der Waals surface area contributed by atoms with E-state index in [1.54, 1.807) is 24.3 Å². The van der Waals surface area contributed by atoms with Gasteiger partial charge in [-0.25, -0.2) is 0 Å². The molecule has 13 heavy (non-hydrogen) atoms. The Bertz CT molecular complexity index is 364. The van der Waals surface area contributed by atoms with Crippen molar-refractivity contribution in [2.75, 3.05) is 5.32 Å². The average Bonchev–Trinajstić information content (AvgIpc) is 2.47. The maximum absolute atomic E-state index is 11.0. The minimum atomic E-state index is -0.536. The van der Waals surface area contributed by atoms with E-state index in [0.717, 1.165) is 0 Å². The van der Waals surface area contributed by atoms with E-state index in [1.807, 2.05) is 0 Å². The molecule has 5 heteroatoms. The molecule has 1 amide bonds. The molecule has 1 N–H and O–H groups in total. The van der Waals surface area contributed by atoms with Gasteiger partial charge in [0.1, 0.15) is 0 Å². The van der Waals surface area contributed by atoms with Gasteiger partial charge in [-0.3, -0.25) is 9.59 Å². The molecule has 1 aromatic carbocycles. The Morgan fingerprint density at radius 1 is 1.08 bits per heavy atom. The van der Waals surface area contributed by atoms with E-state index in [0.29, 0.717) is 11.3 Å². The van der Waals surface area contributed by atoms with Crippen LogP contribution in [-0.2, 0) is 7.65 Å². The number of carbonyl (C=O) groups excluding carboxylic acids is 2. The zero-order valence-corrected chi connectivity index (χ0v) is 9.91. The number of Topliss-reactive ketones (excluding diaryl/α,β-unsaturated/α-hetero) is 1.